The Hall–Kier alpha value is -0.810. The number of alkyl carbamates (subject to hydrolysis) is 1. The predicted octanol–water partition coefficient (Wildman–Crippen LogP) is 0.0262. The number of carbonyl (C=O) groups excluding carboxylic acids is 1. The van der Waals surface area contributed by atoms with E-state index in [2.05, 4.69) is 22.6 Å². The minimum Gasteiger partial charge on any atom is -0.443 e. The van der Waals surface area contributed by atoms with Gasteiger partial charge in [0, 0.05) is 13.1 Å². The quantitative estimate of drug-likeness (QED) is 0.711. The van der Waals surface area contributed by atoms with Gasteiger partial charge in [0.05, 0.1) is 6.54 Å². The number of hydrogen-bond acceptors (Lipinski definition) is 4. The number of ether oxygens (including phenoxy) is 1. The standard InChI is InChI=1S/C11H21N3O2/c1-14(7-9-2-4-12-5-3-9)8-10-6-13-11(15)16-10/h9-10,12H,2-8H2,1H3,(H,13,15). The molecule has 0 radical (unpaired) electrons. The van der Waals surface area contributed by atoms with Gasteiger partial charge in [-0.1, -0.05) is 0 Å². The van der Waals surface area contributed by atoms with Crippen molar-refractivity contribution in [2.75, 3.05) is 39.8 Å². The molecule has 1 unspecified atom stereocenters. The molecule has 0 spiro atoms. The summed E-state index contributed by atoms with van der Waals surface area (Å²) in [5.41, 5.74) is 0. The number of rotatable bonds is 4. The molecule has 92 valence electrons. The Morgan fingerprint density at radius 1 is 1.38 bits per heavy atom. The van der Waals surface area contributed by atoms with Gasteiger partial charge in [-0.15, -0.1) is 0 Å². The number of likely N-dealkylation sites (N-methyl/N-ethyl adjacent to an activating group) is 1. The fourth-order valence-corrected chi connectivity index (χ4v) is 2.46. The molecule has 16 heavy (non-hydrogen) atoms. The van der Waals surface area contributed by atoms with Gasteiger partial charge in [-0.05, 0) is 38.9 Å². The maximum absolute atomic E-state index is 10.9. The van der Waals surface area contributed by atoms with Crippen molar-refractivity contribution in [2.24, 2.45) is 5.92 Å². The first-order chi connectivity index (χ1) is 7.74. The Bertz CT molecular complexity index is 241. The van der Waals surface area contributed by atoms with Crippen LogP contribution in [-0.4, -0.2) is 56.9 Å². The van der Waals surface area contributed by atoms with Crippen LogP contribution in [0.3, 0.4) is 0 Å². The third kappa shape index (κ3) is 3.35. The molecule has 0 aromatic carbocycles. The van der Waals surface area contributed by atoms with Gasteiger partial charge in [-0.3, -0.25) is 0 Å². The summed E-state index contributed by atoms with van der Waals surface area (Å²) in [7, 11) is 2.11. The van der Waals surface area contributed by atoms with Crippen LogP contribution in [0, 0.1) is 5.92 Å². The summed E-state index contributed by atoms with van der Waals surface area (Å²) in [6, 6.07) is 0. The number of nitrogens with one attached hydrogen (secondary N) is 2. The molecule has 5 nitrogen and oxygen atoms in total. The van der Waals surface area contributed by atoms with Gasteiger partial charge in [0.15, 0.2) is 0 Å². The molecule has 0 bridgehead atoms. The number of hydrogen-bond donors (Lipinski definition) is 2. The van der Waals surface area contributed by atoms with E-state index in [0.29, 0.717) is 6.54 Å². The summed E-state index contributed by atoms with van der Waals surface area (Å²) in [4.78, 5) is 13.1. The van der Waals surface area contributed by atoms with Gasteiger partial charge in [0.1, 0.15) is 6.10 Å². The lowest BCUT2D eigenvalue weighted by Crippen LogP contribution is -2.38. The van der Waals surface area contributed by atoms with Crippen LogP contribution in [0.1, 0.15) is 12.8 Å². The molecule has 0 saturated carbocycles. The maximum Gasteiger partial charge on any atom is 0.407 e. The van der Waals surface area contributed by atoms with Crippen molar-refractivity contribution in [3.05, 3.63) is 0 Å². The Balaban J connectivity index is 1.67. The molecule has 2 rings (SSSR count). The van der Waals surface area contributed by atoms with Crippen LogP contribution in [0.4, 0.5) is 4.79 Å². The summed E-state index contributed by atoms with van der Waals surface area (Å²) in [6.07, 6.45) is 2.26. The van der Waals surface area contributed by atoms with Crippen LogP contribution in [-0.2, 0) is 4.74 Å². The highest BCUT2D eigenvalue weighted by Gasteiger charge is 2.24. The summed E-state index contributed by atoms with van der Waals surface area (Å²) in [5.74, 6) is 0.788. The molecule has 0 aromatic heterocycles. The topological polar surface area (TPSA) is 53.6 Å². The van der Waals surface area contributed by atoms with Gasteiger partial charge in [0.2, 0.25) is 0 Å². The minimum atomic E-state index is -0.278. The first-order valence-corrected chi connectivity index (χ1v) is 6.08. The number of piperidine rings is 1. The van der Waals surface area contributed by atoms with Gasteiger partial charge in [0.25, 0.3) is 0 Å². The van der Waals surface area contributed by atoms with Crippen molar-refractivity contribution in [1.82, 2.24) is 15.5 Å². The Morgan fingerprint density at radius 3 is 2.75 bits per heavy atom. The van der Waals surface area contributed by atoms with Crippen molar-refractivity contribution < 1.29 is 9.53 Å². The molecular formula is C11H21N3O2. The summed E-state index contributed by atoms with van der Waals surface area (Å²) >= 11 is 0. The molecular weight excluding hydrogens is 206 g/mol. The Kier molecular flexibility index (Phi) is 4.01. The summed E-state index contributed by atoms with van der Waals surface area (Å²) < 4.78 is 5.12. The minimum absolute atomic E-state index is 0.0271. The zero-order valence-corrected chi connectivity index (χ0v) is 9.87. The van der Waals surface area contributed by atoms with Crippen LogP contribution < -0.4 is 10.6 Å². The normalized spacial score (nSPS) is 26.9. The van der Waals surface area contributed by atoms with Crippen molar-refractivity contribution in [2.45, 2.75) is 18.9 Å². The lowest BCUT2D eigenvalue weighted by molar-refractivity contribution is 0.109. The first-order valence-electron chi connectivity index (χ1n) is 6.08. The van der Waals surface area contributed by atoms with Crippen LogP contribution in [0.25, 0.3) is 0 Å². The van der Waals surface area contributed by atoms with Crippen LogP contribution in [0.2, 0.25) is 0 Å². The average Bonchev–Trinajstić information content (AvgIpc) is 2.65. The van der Waals surface area contributed by atoms with E-state index in [9.17, 15) is 4.79 Å². The van der Waals surface area contributed by atoms with Gasteiger partial charge < -0.3 is 20.3 Å². The number of cyclic esters (lactones) is 1. The molecule has 2 N–H and O–H groups in total. The van der Waals surface area contributed by atoms with E-state index in [0.717, 1.165) is 32.1 Å². The highest BCUT2D eigenvalue weighted by atomic mass is 16.6. The third-order valence-corrected chi connectivity index (χ3v) is 3.29. The molecule has 2 heterocycles. The van der Waals surface area contributed by atoms with Crippen LogP contribution >= 0.6 is 0 Å². The van der Waals surface area contributed by atoms with E-state index < -0.39 is 0 Å². The summed E-state index contributed by atoms with van der Waals surface area (Å²) in [6.45, 7) is 4.87. The Labute approximate surface area is 96.5 Å². The molecule has 0 aliphatic carbocycles. The molecule has 2 aliphatic heterocycles. The van der Waals surface area contributed by atoms with Gasteiger partial charge in [-0.25, -0.2) is 4.79 Å². The fraction of sp³-hybridized carbons (Fsp3) is 0.909. The molecule has 1 atom stereocenters. The molecule has 2 fully saturated rings. The van der Waals surface area contributed by atoms with E-state index in [1.165, 1.54) is 12.8 Å². The predicted molar refractivity (Wildman–Crippen MR) is 61.4 cm³/mol. The second-order valence-electron chi connectivity index (χ2n) is 4.82. The zero-order chi connectivity index (χ0) is 11.4. The molecule has 1 amide bonds. The second kappa shape index (κ2) is 5.50. The van der Waals surface area contributed by atoms with Gasteiger partial charge in [-0.2, -0.15) is 0 Å². The van der Waals surface area contributed by atoms with E-state index in [-0.39, 0.29) is 12.2 Å². The van der Waals surface area contributed by atoms with Crippen LogP contribution in [0.15, 0.2) is 0 Å². The molecule has 2 saturated heterocycles. The van der Waals surface area contributed by atoms with E-state index in [1.807, 2.05) is 0 Å². The second-order valence-corrected chi connectivity index (χ2v) is 4.82. The lowest BCUT2D eigenvalue weighted by Gasteiger charge is -2.28. The zero-order valence-electron chi connectivity index (χ0n) is 9.87. The van der Waals surface area contributed by atoms with E-state index in [1.54, 1.807) is 0 Å². The number of nitrogens with zero attached hydrogens (tertiary/aromatic N) is 1. The SMILES string of the molecule is CN(CC1CCNCC1)CC1CNC(=O)O1. The number of carbonyl (C=O) groups is 1. The summed E-state index contributed by atoms with van der Waals surface area (Å²) in [5, 5.41) is 6.05. The van der Waals surface area contributed by atoms with Gasteiger partial charge >= 0.3 is 6.09 Å². The smallest absolute Gasteiger partial charge is 0.407 e. The van der Waals surface area contributed by atoms with E-state index in [4.69, 9.17) is 4.74 Å². The van der Waals surface area contributed by atoms with Crippen molar-refractivity contribution in [1.29, 1.82) is 0 Å². The van der Waals surface area contributed by atoms with Crippen molar-refractivity contribution >= 4 is 6.09 Å². The fourth-order valence-electron chi connectivity index (χ4n) is 2.46. The maximum atomic E-state index is 10.9. The average molecular weight is 227 g/mol. The number of amides is 1. The highest BCUT2D eigenvalue weighted by Crippen LogP contribution is 2.13. The first kappa shape index (κ1) is 11.7. The molecule has 5 heteroatoms. The van der Waals surface area contributed by atoms with E-state index >= 15 is 0 Å². The highest BCUT2D eigenvalue weighted by molar-refractivity contribution is 5.69. The third-order valence-electron chi connectivity index (χ3n) is 3.29. The monoisotopic (exact) mass is 227 g/mol. The largest absolute Gasteiger partial charge is 0.443 e. The molecule has 2 aliphatic rings. The lowest BCUT2D eigenvalue weighted by atomic mass is 9.97. The van der Waals surface area contributed by atoms with Crippen molar-refractivity contribution in [3.63, 3.8) is 0 Å². The molecule has 0 aromatic rings. The van der Waals surface area contributed by atoms with Crippen molar-refractivity contribution in [3.8, 4) is 0 Å². The van der Waals surface area contributed by atoms with Crippen LogP contribution in [0.5, 0.6) is 0 Å². The Morgan fingerprint density at radius 2 is 2.12 bits per heavy atom.